The van der Waals surface area contributed by atoms with E-state index in [4.69, 9.17) is 11.6 Å². The molecule has 2 heterocycles. The lowest BCUT2D eigenvalue weighted by Gasteiger charge is -2.24. The van der Waals surface area contributed by atoms with Crippen molar-refractivity contribution < 1.29 is 8.78 Å². The molecule has 0 fully saturated rings. The van der Waals surface area contributed by atoms with Gasteiger partial charge in [0.2, 0.25) is 0 Å². The van der Waals surface area contributed by atoms with Gasteiger partial charge < -0.3 is 5.32 Å². The lowest BCUT2D eigenvalue weighted by atomic mass is 9.92. The molecule has 1 aromatic carbocycles. The summed E-state index contributed by atoms with van der Waals surface area (Å²) in [7, 11) is 1.82. The Balaban J connectivity index is 1.60. The van der Waals surface area contributed by atoms with Gasteiger partial charge in [0.1, 0.15) is 16.8 Å². The van der Waals surface area contributed by atoms with Gasteiger partial charge in [-0.3, -0.25) is 4.68 Å². The summed E-state index contributed by atoms with van der Waals surface area (Å²) in [6.07, 6.45) is 4.53. The second kappa shape index (κ2) is 7.05. The first-order chi connectivity index (χ1) is 12.9. The van der Waals surface area contributed by atoms with E-state index in [1.165, 1.54) is 12.1 Å². The van der Waals surface area contributed by atoms with Gasteiger partial charge in [0.05, 0.1) is 17.6 Å². The van der Waals surface area contributed by atoms with Gasteiger partial charge in [-0.15, -0.1) is 0 Å². The average Bonchev–Trinajstić information content (AvgIpc) is 3.14. The molecule has 2 aromatic heterocycles. The fourth-order valence-electron chi connectivity index (χ4n) is 3.75. The van der Waals surface area contributed by atoms with E-state index in [2.05, 4.69) is 15.5 Å². The summed E-state index contributed by atoms with van der Waals surface area (Å²) < 4.78 is 30.5. The van der Waals surface area contributed by atoms with Gasteiger partial charge in [0.15, 0.2) is 0 Å². The molecular weight excluding hydrogens is 372 g/mol. The third kappa shape index (κ3) is 3.37. The second-order valence-electron chi connectivity index (χ2n) is 6.89. The quantitative estimate of drug-likeness (QED) is 0.731. The van der Waals surface area contributed by atoms with Gasteiger partial charge in [-0.2, -0.15) is 10.2 Å². The molecule has 1 aliphatic carbocycles. The number of nitrogens with zero attached hydrogens (tertiary/aromatic N) is 4. The molecule has 3 aromatic rings. The number of hydrogen-bond donors (Lipinski definition) is 1. The van der Waals surface area contributed by atoms with Crippen molar-refractivity contribution in [2.24, 2.45) is 7.05 Å². The fourth-order valence-corrected chi connectivity index (χ4v) is 3.99. The minimum absolute atomic E-state index is 0.108. The van der Waals surface area contributed by atoms with Crippen molar-refractivity contribution in [3.8, 4) is 5.69 Å². The Morgan fingerprint density at radius 2 is 2.00 bits per heavy atom. The Bertz CT molecular complexity index is 974. The van der Waals surface area contributed by atoms with Crippen LogP contribution in [0.5, 0.6) is 0 Å². The van der Waals surface area contributed by atoms with Crippen molar-refractivity contribution in [1.82, 2.24) is 24.9 Å². The Morgan fingerprint density at radius 1 is 1.26 bits per heavy atom. The SMILES string of the molecule is Cc1nn(C)c(Cl)c1CN[C@H]1CCCc2c1cnn2-c1cc(F)cc(F)c1. The molecule has 0 unspecified atom stereocenters. The van der Waals surface area contributed by atoms with Crippen molar-refractivity contribution in [1.29, 1.82) is 0 Å². The van der Waals surface area contributed by atoms with E-state index in [-0.39, 0.29) is 6.04 Å². The number of fused-ring (bicyclic) bond motifs is 1. The zero-order valence-corrected chi connectivity index (χ0v) is 15.9. The van der Waals surface area contributed by atoms with E-state index in [1.807, 2.05) is 14.0 Å². The highest BCUT2D eigenvalue weighted by Gasteiger charge is 2.25. The van der Waals surface area contributed by atoms with Crippen molar-refractivity contribution in [2.45, 2.75) is 38.8 Å². The first kappa shape index (κ1) is 18.1. The normalized spacial score (nSPS) is 16.6. The van der Waals surface area contributed by atoms with Gasteiger partial charge in [0.25, 0.3) is 0 Å². The second-order valence-corrected chi connectivity index (χ2v) is 7.25. The molecule has 0 saturated carbocycles. The molecule has 142 valence electrons. The molecular formula is C19H20ClF2N5. The maximum atomic E-state index is 13.6. The predicted molar refractivity (Wildman–Crippen MR) is 99.0 cm³/mol. The van der Waals surface area contributed by atoms with Gasteiger partial charge in [0, 0.05) is 42.5 Å². The average molecular weight is 392 g/mol. The zero-order chi connectivity index (χ0) is 19.1. The fraction of sp³-hybridized carbons (Fsp3) is 0.368. The molecule has 8 heteroatoms. The van der Waals surface area contributed by atoms with Gasteiger partial charge in [-0.1, -0.05) is 11.6 Å². The Hall–Kier alpha value is -2.25. The molecule has 0 saturated heterocycles. The highest BCUT2D eigenvalue weighted by molar-refractivity contribution is 6.30. The highest BCUT2D eigenvalue weighted by atomic mass is 35.5. The molecule has 5 nitrogen and oxygen atoms in total. The molecule has 0 bridgehead atoms. The summed E-state index contributed by atoms with van der Waals surface area (Å²) in [6, 6.07) is 3.57. The van der Waals surface area contributed by atoms with Crippen LogP contribution in [-0.2, 0) is 20.0 Å². The van der Waals surface area contributed by atoms with Crippen LogP contribution in [0.4, 0.5) is 8.78 Å². The maximum Gasteiger partial charge on any atom is 0.131 e. The van der Waals surface area contributed by atoms with Gasteiger partial charge >= 0.3 is 0 Å². The minimum Gasteiger partial charge on any atom is -0.306 e. The first-order valence-corrected chi connectivity index (χ1v) is 9.26. The smallest absolute Gasteiger partial charge is 0.131 e. The number of hydrogen-bond acceptors (Lipinski definition) is 3. The van der Waals surface area contributed by atoms with E-state index in [0.29, 0.717) is 17.4 Å². The van der Waals surface area contributed by atoms with Crippen molar-refractivity contribution in [3.63, 3.8) is 0 Å². The Kier molecular flexibility index (Phi) is 4.74. The third-order valence-corrected chi connectivity index (χ3v) is 5.54. The molecule has 1 aliphatic rings. The van der Waals surface area contributed by atoms with Crippen LogP contribution >= 0.6 is 11.6 Å². The lowest BCUT2D eigenvalue weighted by Crippen LogP contribution is -2.25. The number of benzene rings is 1. The first-order valence-electron chi connectivity index (χ1n) is 8.88. The number of rotatable bonds is 4. The van der Waals surface area contributed by atoms with Gasteiger partial charge in [-0.05, 0) is 38.3 Å². The molecule has 0 radical (unpaired) electrons. The van der Waals surface area contributed by atoms with Crippen molar-refractivity contribution in [2.75, 3.05) is 0 Å². The van der Waals surface area contributed by atoms with Crippen molar-refractivity contribution in [3.05, 3.63) is 63.7 Å². The molecule has 0 spiro atoms. The van der Waals surface area contributed by atoms with Crippen LogP contribution in [-0.4, -0.2) is 19.6 Å². The third-order valence-electron chi connectivity index (χ3n) is 5.07. The number of nitrogens with one attached hydrogen (secondary N) is 1. The summed E-state index contributed by atoms with van der Waals surface area (Å²) in [6.45, 7) is 2.54. The van der Waals surface area contributed by atoms with Crippen LogP contribution in [0.1, 0.15) is 41.4 Å². The minimum atomic E-state index is -0.610. The van der Waals surface area contributed by atoms with Crippen LogP contribution in [0, 0.1) is 18.6 Å². The summed E-state index contributed by atoms with van der Waals surface area (Å²) in [5.74, 6) is -1.22. The van der Waals surface area contributed by atoms with Crippen LogP contribution in [0.15, 0.2) is 24.4 Å². The highest BCUT2D eigenvalue weighted by Crippen LogP contribution is 2.32. The monoisotopic (exact) mass is 391 g/mol. The number of aryl methyl sites for hydroxylation is 2. The summed E-state index contributed by atoms with van der Waals surface area (Å²) in [5, 5.41) is 12.9. The Morgan fingerprint density at radius 3 is 2.67 bits per heavy atom. The van der Waals surface area contributed by atoms with E-state index in [0.717, 1.165) is 47.8 Å². The number of aromatic nitrogens is 4. The standard InChI is InChI=1S/C19H20ClF2N5/c1-11-15(19(20)26(2)25-11)9-23-17-4-3-5-18-16(17)10-24-27(18)14-7-12(21)6-13(22)8-14/h6-8,10,17,23H,3-5,9H2,1-2H3/t17-/m0/s1. The van der Waals surface area contributed by atoms with Crippen molar-refractivity contribution >= 4 is 11.6 Å². The molecule has 1 N–H and O–H groups in total. The van der Waals surface area contributed by atoms with E-state index in [1.54, 1.807) is 15.6 Å². The van der Waals surface area contributed by atoms with Crippen LogP contribution < -0.4 is 5.32 Å². The zero-order valence-electron chi connectivity index (χ0n) is 15.1. The van der Waals surface area contributed by atoms with Crippen LogP contribution in [0.2, 0.25) is 5.15 Å². The van der Waals surface area contributed by atoms with E-state index >= 15 is 0 Å². The Labute approximate surface area is 160 Å². The molecule has 1 atom stereocenters. The van der Waals surface area contributed by atoms with Crippen LogP contribution in [0.3, 0.4) is 0 Å². The predicted octanol–water partition coefficient (Wildman–Crippen LogP) is 4.01. The van der Waals surface area contributed by atoms with Gasteiger partial charge in [-0.25, -0.2) is 13.5 Å². The largest absolute Gasteiger partial charge is 0.306 e. The van der Waals surface area contributed by atoms with E-state index in [9.17, 15) is 8.78 Å². The van der Waals surface area contributed by atoms with Crippen LogP contribution in [0.25, 0.3) is 5.69 Å². The summed E-state index contributed by atoms with van der Waals surface area (Å²) in [5.41, 5.74) is 4.32. The summed E-state index contributed by atoms with van der Waals surface area (Å²) >= 11 is 6.32. The number of halogens is 3. The molecule has 0 amide bonds. The topological polar surface area (TPSA) is 47.7 Å². The molecule has 0 aliphatic heterocycles. The molecule has 27 heavy (non-hydrogen) atoms. The molecule has 4 rings (SSSR count). The summed E-state index contributed by atoms with van der Waals surface area (Å²) in [4.78, 5) is 0. The van der Waals surface area contributed by atoms with E-state index < -0.39 is 11.6 Å². The lowest BCUT2D eigenvalue weighted by molar-refractivity contribution is 0.454. The maximum absolute atomic E-state index is 13.6.